The predicted octanol–water partition coefficient (Wildman–Crippen LogP) is -0.701. The van der Waals surface area contributed by atoms with Crippen molar-refractivity contribution in [1.29, 1.82) is 0 Å². The average Bonchev–Trinajstić information content (AvgIpc) is 2.14. The lowest BCUT2D eigenvalue weighted by atomic mass is 9.79. The highest BCUT2D eigenvalue weighted by molar-refractivity contribution is 6.60. The summed E-state index contributed by atoms with van der Waals surface area (Å²) in [7, 11) is -1.75. The van der Waals surface area contributed by atoms with Gasteiger partial charge in [-0.05, 0) is 26.8 Å². The van der Waals surface area contributed by atoms with Crippen LogP contribution in [0.25, 0.3) is 0 Å². The molecule has 0 aromatic carbocycles. The van der Waals surface area contributed by atoms with Crippen LogP contribution in [0.2, 0.25) is 0 Å². The molecule has 4 N–H and O–H groups in total. The molecule has 0 spiro atoms. The molecule has 0 fully saturated rings. The molecule has 7 heteroatoms. The summed E-state index contributed by atoms with van der Waals surface area (Å²) in [6, 6.07) is 1.33. The molecule has 1 rings (SSSR count). The fourth-order valence-electron chi connectivity index (χ4n) is 1.20. The van der Waals surface area contributed by atoms with Crippen molar-refractivity contribution in [3.05, 3.63) is 18.0 Å². The molecule has 0 saturated carbocycles. The third kappa shape index (κ3) is 3.43. The van der Waals surface area contributed by atoms with E-state index in [1.807, 2.05) is 0 Å². The van der Waals surface area contributed by atoms with Crippen molar-refractivity contribution in [2.24, 2.45) is 0 Å². The molecule has 17 heavy (non-hydrogen) atoms. The Hall–Kier alpha value is -1.60. The minimum Gasteiger partial charge on any atom is -0.455 e. The molecule has 1 aromatic rings. The number of nitrogens with two attached hydrogens (primary N) is 1. The standard InChI is InChI=1S/C10H15BN2O4/c1-10(2,3)17-9(14)8-7(12)6(11(15)16)4-5-13-8/h4-5,15-16H,12H2,1-3H3. The van der Waals surface area contributed by atoms with Gasteiger partial charge in [0.05, 0.1) is 5.69 Å². The minimum atomic E-state index is -1.75. The number of carbonyl (C=O) groups is 1. The number of rotatable bonds is 2. The van der Waals surface area contributed by atoms with Gasteiger partial charge in [0.2, 0.25) is 0 Å². The molecule has 92 valence electrons. The molecule has 0 aliphatic heterocycles. The van der Waals surface area contributed by atoms with Crippen molar-refractivity contribution in [3.63, 3.8) is 0 Å². The molecule has 6 nitrogen and oxygen atoms in total. The summed E-state index contributed by atoms with van der Waals surface area (Å²) < 4.78 is 5.09. The van der Waals surface area contributed by atoms with Gasteiger partial charge in [-0.15, -0.1) is 0 Å². The van der Waals surface area contributed by atoms with E-state index in [0.717, 1.165) is 0 Å². The van der Waals surface area contributed by atoms with Gasteiger partial charge in [0.1, 0.15) is 5.60 Å². The first-order chi connectivity index (χ1) is 7.72. The molecule has 0 radical (unpaired) electrons. The molecule has 0 unspecified atom stereocenters. The quantitative estimate of drug-likeness (QED) is 0.464. The van der Waals surface area contributed by atoms with Crippen molar-refractivity contribution < 1.29 is 19.6 Å². The zero-order chi connectivity index (χ0) is 13.2. The molecular weight excluding hydrogens is 223 g/mol. The Balaban J connectivity index is 3.07. The van der Waals surface area contributed by atoms with Crippen LogP contribution in [0.15, 0.2) is 12.3 Å². The van der Waals surface area contributed by atoms with Crippen molar-refractivity contribution in [3.8, 4) is 0 Å². The highest BCUT2D eigenvalue weighted by Gasteiger charge is 2.24. The molecule has 0 bridgehead atoms. The summed E-state index contributed by atoms with van der Waals surface area (Å²) in [5.41, 5.74) is 4.78. The molecule has 1 heterocycles. The SMILES string of the molecule is CC(C)(C)OC(=O)c1nccc(B(O)O)c1N. The van der Waals surface area contributed by atoms with E-state index in [0.29, 0.717) is 0 Å². The Labute approximate surface area is 99.6 Å². The third-order valence-electron chi connectivity index (χ3n) is 1.89. The van der Waals surface area contributed by atoms with Gasteiger partial charge in [-0.1, -0.05) is 0 Å². The van der Waals surface area contributed by atoms with Gasteiger partial charge in [-0.2, -0.15) is 0 Å². The van der Waals surface area contributed by atoms with E-state index in [9.17, 15) is 4.79 Å². The Morgan fingerprint density at radius 3 is 2.53 bits per heavy atom. The summed E-state index contributed by atoms with van der Waals surface area (Å²) in [6.45, 7) is 5.14. The Morgan fingerprint density at radius 1 is 1.47 bits per heavy atom. The molecule has 1 aromatic heterocycles. The highest BCUT2D eigenvalue weighted by atomic mass is 16.6. The van der Waals surface area contributed by atoms with Gasteiger partial charge in [-0.3, -0.25) is 0 Å². The number of nitrogens with zero attached hydrogens (tertiary/aromatic N) is 1. The van der Waals surface area contributed by atoms with Gasteiger partial charge in [0.15, 0.2) is 5.69 Å². The second-order valence-electron chi connectivity index (χ2n) is 4.54. The highest BCUT2D eigenvalue weighted by Crippen LogP contribution is 2.13. The molecule has 0 aliphatic rings. The number of hydrogen-bond donors (Lipinski definition) is 3. The zero-order valence-corrected chi connectivity index (χ0v) is 9.97. The van der Waals surface area contributed by atoms with E-state index in [1.54, 1.807) is 20.8 Å². The summed E-state index contributed by atoms with van der Waals surface area (Å²) >= 11 is 0. The first kappa shape index (κ1) is 13.5. The topological polar surface area (TPSA) is 106 Å². The fourth-order valence-corrected chi connectivity index (χ4v) is 1.20. The maximum absolute atomic E-state index is 11.7. The maximum Gasteiger partial charge on any atom is 0.490 e. The number of carbonyl (C=O) groups excluding carboxylic acids is 1. The molecule has 0 amide bonds. The minimum absolute atomic E-state index is 0.0286. The van der Waals surface area contributed by atoms with Crippen molar-refractivity contribution in [2.75, 3.05) is 5.73 Å². The second-order valence-corrected chi connectivity index (χ2v) is 4.54. The van der Waals surface area contributed by atoms with E-state index < -0.39 is 18.7 Å². The first-order valence-corrected chi connectivity index (χ1v) is 5.06. The van der Waals surface area contributed by atoms with Crippen LogP contribution in [0.1, 0.15) is 31.3 Å². The van der Waals surface area contributed by atoms with Crippen LogP contribution < -0.4 is 11.2 Å². The summed E-state index contributed by atoms with van der Waals surface area (Å²) in [5.74, 6) is -0.697. The van der Waals surface area contributed by atoms with Crippen LogP contribution in [-0.4, -0.2) is 33.7 Å². The van der Waals surface area contributed by atoms with Crippen LogP contribution in [-0.2, 0) is 4.74 Å². The summed E-state index contributed by atoms with van der Waals surface area (Å²) in [5, 5.41) is 18.1. The number of hydrogen-bond acceptors (Lipinski definition) is 6. The molecule has 0 aliphatic carbocycles. The van der Waals surface area contributed by atoms with Crippen molar-refractivity contribution in [1.82, 2.24) is 4.98 Å². The van der Waals surface area contributed by atoms with Crippen molar-refractivity contribution >= 4 is 24.2 Å². The van der Waals surface area contributed by atoms with E-state index in [1.165, 1.54) is 12.3 Å². The Bertz CT molecular complexity index is 429. The van der Waals surface area contributed by atoms with Crippen LogP contribution >= 0.6 is 0 Å². The molecule has 0 saturated heterocycles. The maximum atomic E-state index is 11.7. The average molecular weight is 238 g/mol. The van der Waals surface area contributed by atoms with Gasteiger partial charge >= 0.3 is 13.1 Å². The molecular formula is C10H15BN2O4. The number of anilines is 1. The van der Waals surface area contributed by atoms with Gasteiger partial charge in [0, 0.05) is 11.7 Å². The van der Waals surface area contributed by atoms with E-state index in [-0.39, 0.29) is 16.8 Å². The van der Waals surface area contributed by atoms with Gasteiger partial charge < -0.3 is 20.5 Å². The zero-order valence-electron chi connectivity index (χ0n) is 9.97. The monoisotopic (exact) mass is 238 g/mol. The second kappa shape index (κ2) is 4.73. The lowest BCUT2D eigenvalue weighted by molar-refractivity contribution is 0.00643. The Morgan fingerprint density at radius 2 is 2.06 bits per heavy atom. The fraction of sp³-hybridized carbons (Fsp3) is 0.400. The van der Waals surface area contributed by atoms with Crippen LogP contribution in [0, 0.1) is 0 Å². The normalized spacial score (nSPS) is 11.1. The number of ether oxygens (including phenoxy) is 1. The number of esters is 1. The predicted molar refractivity (Wildman–Crippen MR) is 63.6 cm³/mol. The lowest BCUT2D eigenvalue weighted by Gasteiger charge is -2.20. The summed E-state index contributed by atoms with van der Waals surface area (Å²) in [4.78, 5) is 15.5. The van der Waals surface area contributed by atoms with Crippen LogP contribution in [0.5, 0.6) is 0 Å². The number of aromatic nitrogens is 1. The van der Waals surface area contributed by atoms with E-state index in [2.05, 4.69) is 4.98 Å². The van der Waals surface area contributed by atoms with Crippen molar-refractivity contribution in [2.45, 2.75) is 26.4 Å². The van der Waals surface area contributed by atoms with Crippen LogP contribution in [0.3, 0.4) is 0 Å². The van der Waals surface area contributed by atoms with Gasteiger partial charge in [0.25, 0.3) is 0 Å². The smallest absolute Gasteiger partial charge is 0.455 e. The van der Waals surface area contributed by atoms with E-state index in [4.69, 9.17) is 20.5 Å². The summed E-state index contributed by atoms with van der Waals surface area (Å²) in [6.07, 6.45) is 1.27. The van der Waals surface area contributed by atoms with Gasteiger partial charge in [-0.25, -0.2) is 9.78 Å². The number of pyridine rings is 1. The number of nitrogen functional groups attached to an aromatic ring is 1. The lowest BCUT2D eigenvalue weighted by Crippen LogP contribution is -2.35. The van der Waals surface area contributed by atoms with Crippen LogP contribution in [0.4, 0.5) is 5.69 Å². The molecule has 0 atom stereocenters. The first-order valence-electron chi connectivity index (χ1n) is 5.06. The largest absolute Gasteiger partial charge is 0.490 e. The third-order valence-corrected chi connectivity index (χ3v) is 1.89. The Kier molecular flexibility index (Phi) is 3.74. The van der Waals surface area contributed by atoms with E-state index >= 15 is 0 Å².